The number of benzene rings is 1. The summed E-state index contributed by atoms with van der Waals surface area (Å²) in [6.45, 7) is 1.64. The van der Waals surface area contributed by atoms with Gasteiger partial charge in [0.05, 0.1) is 0 Å². The summed E-state index contributed by atoms with van der Waals surface area (Å²) in [6, 6.07) is 8.05. The zero-order chi connectivity index (χ0) is 13.7. The maximum Gasteiger partial charge on any atom is 0.159 e. The molecule has 1 aromatic rings. The monoisotopic (exact) mass is 269 g/mol. The molecule has 4 fully saturated rings. The first-order valence-corrected chi connectivity index (χ1v) is 8.01. The molecule has 0 spiro atoms. The Morgan fingerprint density at radius 1 is 1.10 bits per heavy atom. The van der Waals surface area contributed by atoms with Gasteiger partial charge in [0.15, 0.2) is 5.78 Å². The number of anilines is 1. The van der Waals surface area contributed by atoms with Crippen molar-refractivity contribution in [2.75, 3.05) is 5.32 Å². The molecule has 1 aromatic carbocycles. The van der Waals surface area contributed by atoms with Crippen molar-refractivity contribution >= 4 is 11.5 Å². The SMILES string of the molecule is CC(=O)c1cccc(NC23CC4CC(CC(C4)C2)C3)c1. The van der Waals surface area contributed by atoms with E-state index in [0.29, 0.717) is 5.54 Å². The zero-order valence-electron chi connectivity index (χ0n) is 12.2. The van der Waals surface area contributed by atoms with Crippen LogP contribution >= 0.6 is 0 Å². The summed E-state index contributed by atoms with van der Waals surface area (Å²) < 4.78 is 0. The predicted octanol–water partition coefficient (Wildman–Crippen LogP) is 4.27. The van der Waals surface area contributed by atoms with Gasteiger partial charge < -0.3 is 5.32 Å². The summed E-state index contributed by atoms with van der Waals surface area (Å²) >= 11 is 0. The van der Waals surface area contributed by atoms with Gasteiger partial charge in [0, 0.05) is 16.8 Å². The van der Waals surface area contributed by atoms with Crippen LogP contribution in [0.15, 0.2) is 24.3 Å². The lowest BCUT2D eigenvalue weighted by atomic mass is 9.53. The summed E-state index contributed by atoms with van der Waals surface area (Å²) in [6.07, 6.45) is 8.41. The Morgan fingerprint density at radius 2 is 1.70 bits per heavy atom. The smallest absolute Gasteiger partial charge is 0.159 e. The number of rotatable bonds is 3. The molecule has 2 heteroatoms. The molecule has 0 radical (unpaired) electrons. The Bertz CT molecular complexity index is 513. The summed E-state index contributed by atoms with van der Waals surface area (Å²) in [4.78, 5) is 11.5. The Kier molecular flexibility index (Phi) is 2.70. The minimum absolute atomic E-state index is 0.152. The maximum absolute atomic E-state index is 11.5. The Labute approximate surface area is 121 Å². The second-order valence-electron chi connectivity index (χ2n) is 7.46. The van der Waals surface area contributed by atoms with Crippen LogP contribution in [0.4, 0.5) is 5.69 Å². The molecule has 1 N–H and O–H groups in total. The first-order valence-electron chi connectivity index (χ1n) is 8.01. The maximum atomic E-state index is 11.5. The van der Waals surface area contributed by atoms with Crippen molar-refractivity contribution < 1.29 is 4.79 Å². The molecule has 0 aliphatic heterocycles. The molecular weight excluding hydrogens is 246 g/mol. The van der Waals surface area contributed by atoms with E-state index in [1.165, 1.54) is 38.5 Å². The van der Waals surface area contributed by atoms with Crippen LogP contribution in [-0.2, 0) is 0 Å². The molecule has 2 nitrogen and oxygen atoms in total. The van der Waals surface area contributed by atoms with E-state index in [9.17, 15) is 4.79 Å². The van der Waals surface area contributed by atoms with Crippen molar-refractivity contribution in [3.05, 3.63) is 29.8 Å². The molecule has 4 aliphatic carbocycles. The van der Waals surface area contributed by atoms with E-state index >= 15 is 0 Å². The third-order valence-corrected chi connectivity index (χ3v) is 5.72. The number of carbonyl (C=O) groups excluding carboxylic acids is 1. The van der Waals surface area contributed by atoms with Crippen molar-refractivity contribution in [1.29, 1.82) is 0 Å². The van der Waals surface area contributed by atoms with Crippen LogP contribution in [-0.4, -0.2) is 11.3 Å². The number of ketones is 1. The fraction of sp³-hybridized carbons (Fsp3) is 0.611. The van der Waals surface area contributed by atoms with Gasteiger partial charge in [0.2, 0.25) is 0 Å². The van der Waals surface area contributed by atoms with Gasteiger partial charge in [-0.25, -0.2) is 0 Å². The summed E-state index contributed by atoms with van der Waals surface area (Å²) in [5, 5.41) is 3.83. The Morgan fingerprint density at radius 3 is 2.25 bits per heavy atom. The molecule has 0 heterocycles. The second kappa shape index (κ2) is 4.34. The highest BCUT2D eigenvalue weighted by Crippen LogP contribution is 2.56. The molecule has 0 saturated heterocycles. The topological polar surface area (TPSA) is 29.1 Å². The molecular formula is C18H23NO. The van der Waals surface area contributed by atoms with Gasteiger partial charge >= 0.3 is 0 Å². The Balaban J connectivity index is 1.59. The average molecular weight is 269 g/mol. The first-order chi connectivity index (χ1) is 9.62. The van der Waals surface area contributed by atoms with Crippen LogP contribution in [0.5, 0.6) is 0 Å². The number of hydrogen-bond donors (Lipinski definition) is 1. The van der Waals surface area contributed by atoms with Crippen LogP contribution in [0.3, 0.4) is 0 Å². The minimum atomic E-state index is 0.152. The molecule has 4 saturated carbocycles. The van der Waals surface area contributed by atoms with E-state index in [2.05, 4.69) is 11.4 Å². The van der Waals surface area contributed by atoms with Crippen molar-refractivity contribution in [1.82, 2.24) is 0 Å². The van der Waals surface area contributed by atoms with Crippen LogP contribution in [0.1, 0.15) is 55.8 Å². The van der Waals surface area contributed by atoms with Crippen molar-refractivity contribution in [2.45, 2.75) is 51.0 Å². The van der Waals surface area contributed by atoms with Crippen LogP contribution < -0.4 is 5.32 Å². The number of nitrogens with one attached hydrogen (secondary N) is 1. The van der Waals surface area contributed by atoms with Crippen molar-refractivity contribution in [3.63, 3.8) is 0 Å². The van der Waals surface area contributed by atoms with Gasteiger partial charge in [0.25, 0.3) is 0 Å². The second-order valence-corrected chi connectivity index (χ2v) is 7.46. The van der Waals surface area contributed by atoms with Crippen molar-refractivity contribution in [2.24, 2.45) is 17.8 Å². The van der Waals surface area contributed by atoms with E-state index in [0.717, 1.165) is 29.0 Å². The molecule has 20 heavy (non-hydrogen) atoms. The van der Waals surface area contributed by atoms with E-state index in [1.54, 1.807) is 6.92 Å². The number of hydrogen-bond acceptors (Lipinski definition) is 2. The highest BCUT2D eigenvalue weighted by Gasteiger charge is 2.50. The quantitative estimate of drug-likeness (QED) is 0.830. The largest absolute Gasteiger partial charge is 0.380 e. The molecule has 5 rings (SSSR count). The van der Waals surface area contributed by atoms with E-state index < -0.39 is 0 Å². The number of Topliss-reactive ketones (excluding diaryl/α,β-unsaturated/α-hetero) is 1. The molecule has 106 valence electrons. The van der Waals surface area contributed by atoms with Gasteiger partial charge in [0.1, 0.15) is 0 Å². The fourth-order valence-corrected chi connectivity index (χ4v) is 5.39. The van der Waals surface area contributed by atoms with Crippen LogP contribution in [0.25, 0.3) is 0 Å². The molecule has 0 unspecified atom stereocenters. The van der Waals surface area contributed by atoms with Gasteiger partial charge in [-0.15, -0.1) is 0 Å². The zero-order valence-corrected chi connectivity index (χ0v) is 12.2. The standard InChI is InChI=1S/C18H23NO/c1-12(20)16-3-2-4-17(8-16)19-18-9-13-5-14(10-18)7-15(6-13)11-18/h2-4,8,13-15,19H,5-7,9-11H2,1H3. The normalized spacial score (nSPS) is 38.0. The van der Waals surface area contributed by atoms with Crippen LogP contribution in [0, 0.1) is 17.8 Å². The van der Waals surface area contributed by atoms with E-state index in [4.69, 9.17) is 0 Å². The Hall–Kier alpha value is -1.31. The molecule has 0 amide bonds. The molecule has 0 atom stereocenters. The lowest BCUT2D eigenvalue weighted by molar-refractivity contribution is 0.0107. The van der Waals surface area contributed by atoms with E-state index in [1.807, 2.05) is 18.2 Å². The highest BCUT2D eigenvalue weighted by atomic mass is 16.1. The molecule has 0 aromatic heterocycles. The third kappa shape index (κ3) is 2.06. The average Bonchev–Trinajstić information content (AvgIpc) is 2.36. The minimum Gasteiger partial charge on any atom is -0.380 e. The summed E-state index contributed by atoms with van der Waals surface area (Å²) in [5.74, 6) is 3.00. The lowest BCUT2D eigenvalue weighted by Gasteiger charge is -2.57. The number of carbonyl (C=O) groups is 1. The van der Waals surface area contributed by atoms with Gasteiger partial charge in [-0.3, -0.25) is 4.79 Å². The fourth-order valence-electron chi connectivity index (χ4n) is 5.39. The lowest BCUT2D eigenvalue weighted by Crippen LogP contribution is -2.54. The predicted molar refractivity (Wildman–Crippen MR) is 81.0 cm³/mol. The summed E-state index contributed by atoms with van der Waals surface area (Å²) in [5.41, 5.74) is 2.28. The van der Waals surface area contributed by atoms with Crippen LogP contribution in [0.2, 0.25) is 0 Å². The van der Waals surface area contributed by atoms with Gasteiger partial charge in [-0.2, -0.15) is 0 Å². The summed E-state index contributed by atoms with van der Waals surface area (Å²) in [7, 11) is 0. The van der Waals surface area contributed by atoms with Crippen molar-refractivity contribution in [3.8, 4) is 0 Å². The van der Waals surface area contributed by atoms with E-state index in [-0.39, 0.29) is 5.78 Å². The van der Waals surface area contributed by atoms with Gasteiger partial charge in [-0.05, 0) is 75.3 Å². The third-order valence-electron chi connectivity index (χ3n) is 5.72. The van der Waals surface area contributed by atoms with Gasteiger partial charge in [-0.1, -0.05) is 12.1 Å². The highest BCUT2D eigenvalue weighted by molar-refractivity contribution is 5.94. The molecule has 4 bridgehead atoms. The molecule has 4 aliphatic rings. The first kappa shape index (κ1) is 12.4.